The van der Waals surface area contributed by atoms with E-state index < -0.39 is 21.7 Å². The molecule has 0 saturated carbocycles. The summed E-state index contributed by atoms with van der Waals surface area (Å²) in [6.07, 6.45) is 0.458. The summed E-state index contributed by atoms with van der Waals surface area (Å²) < 4.78 is 25.6. The SMILES string of the molecule is NC(=O)c1ccc(NC(=O)c2cc(-c3ccccc3)n(C3CCS(=O)(=O)C3)n2)cc1. The molecule has 2 heterocycles. The van der Waals surface area contributed by atoms with E-state index in [-0.39, 0.29) is 23.2 Å². The molecule has 1 aliphatic rings. The Balaban J connectivity index is 1.65. The van der Waals surface area contributed by atoms with Crippen LogP contribution in [0.1, 0.15) is 33.3 Å². The van der Waals surface area contributed by atoms with Crippen molar-refractivity contribution in [1.29, 1.82) is 0 Å². The summed E-state index contributed by atoms with van der Waals surface area (Å²) in [5.41, 5.74) is 7.77. The Bertz CT molecular complexity index is 1200. The molecule has 1 aromatic heterocycles. The highest BCUT2D eigenvalue weighted by Gasteiger charge is 2.32. The van der Waals surface area contributed by atoms with Crippen LogP contribution < -0.4 is 11.1 Å². The van der Waals surface area contributed by atoms with Gasteiger partial charge in [0, 0.05) is 11.3 Å². The van der Waals surface area contributed by atoms with E-state index in [4.69, 9.17) is 5.73 Å². The fourth-order valence-electron chi connectivity index (χ4n) is 3.49. The molecule has 9 heteroatoms. The van der Waals surface area contributed by atoms with Gasteiger partial charge in [-0.25, -0.2) is 8.42 Å². The topological polar surface area (TPSA) is 124 Å². The van der Waals surface area contributed by atoms with Crippen LogP contribution >= 0.6 is 0 Å². The van der Waals surface area contributed by atoms with E-state index in [1.165, 1.54) is 12.1 Å². The third kappa shape index (κ3) is 4.11. The molecule has 0 aliphatic carbocycles. The summed E-state index contributed by atoms with van der Waals surface area (Å²) in [5, 5.41) is 7.18. The Hall–Kier alpha value is -3.46. The van der Waals surface area contributed by atoms with E-state index in [9.17, 15) is 18.0 Å². The van der Waals surface area contributed by atoms with Crippen molar-refractivity contribution in [3.63, 3.8) is 0 Å². The maximum absolute atomic E-state index is 12.8. The molecule has 2 aromatic carbocycles. The first-order chi connectivity index (χ1) is 14.3. The van der Waals surface area contributed by atoms with Crippen molar-refractivity contribution in [2.24, 2.45) is 5.73 Å². The largest absolute Gasteiger partial charge is 0.366 e. The van der Waals surface area contributed by atoms with E-state index in [0.717, 1.165) is 5.56 Å². The number of hydrogen-bond donors (Lipinski definition) is 2. The molecule has 1 saturated heterocycles. The average molecular weight is 424 g/mol. The van der Waals surface area contributed by atoms with E-state index in [2.05, 4.69) is 10.4 Å². The summed E-state index contributed by atoms with van der Waals surface area (Å²) in [4.78, 5) is 24.0. The molecule has 8 nitrogen and oxygen atoms in total. The minimum atomic E-state index is -3.11. The van der Waals surface area contributed by atoms with Gasteiger partial charge >= 0.3 is 0 Å². The van der Waals surface area contributed by atoms with Gasteiger partial charge in [-0.1, -0.05) is 30.3 Å². The van der Waals surface area contributed by atoms with Crippen LogP contribution in [0.3, 0.4) is 0 Å². The van der Waals surface area contributed by atoms with Crippen molar-refractivity contribution in [1.82, 2.24) is 9.78 Å². The van der Waals surface area contributed by atoms with Gasteiger partial charge in [-0.15, -0.1) is 0 Å². The molecule has 0 bridgehead atoms. The number of sulfone groups is 1. The standard InChI is InChI=1S/C21H20N4O4S/c22-20(26)15-6-8-16(9-7-15)23-21(27)18-12-19(14-4-2-1-3-5-14)25(24-18)17-10-11-30(28,29)13-17/h1-9,12,17H,10-11,13H2,(H2,22,26)(H,23,27). The lowest BCUT2D eigenvalue weighted by atomic mass is 10.1. The third-order valence-electron chi connectivity index (χ3n) is 5.02. The second kappa shape index (κ2) is 7.75. The van der Waals surface area contributed by atoms with Gasteiger partial charge in [0.25, 0.3) is 5.91 Å². The number of aromatic nitrogens is 2. The van der Waals surface area contributed by atoms with Crippen molar-refractivity contribution >= 4 is 27.3 Å². The zero-order valence-corrected chi connectivity index (χ0v) is 16.8. The van der Waals surface area contributed by atoms with Crippen molar-refractivity contribution < 1.29 is 18.0 Å². The number of carbonyl (C=O) groups is 2. The summed E-state index contributed by atoms with van der Waals surface area (Å²) in [6.45, 7) is 0. The maximum atomic E-state index is 12.8. The molecule has 1 atom stereocenters. The lowest BCUT2D eigenvalue weighted by molar-refractivity contribution is 0.0997. The van der Waals surface area contributed by atoms with Crippen LogP contribution in [-0.2, 0) is 9.84 Å². The van der Waals surface area contributed by atoms with Gasteiger partial charge in [0.05, 0.1) is 23.2 Å². The van der Waals surface area contributed by atoms with Crippen LogP contribution in [0.4, 0.5) is 5.69 Å². The molecular weight excluding hydrogens is 404 g/mol. The Kier molecular flexibility index (Phi) is 5.13. The average Bonchev–Trinajstić information content (AvgIpc) is 3.32. The van der Waals surface area contributed by atoms with Crippen LogP contribution in [-0.4, -0.2) is 41.5 Å². The summed E-state index contributed by atoms with van der Waals surface area (Å²) >= 11 is 0. The van der Waals surface area contributed by atoms with E-state index >= 15 is 0 Å². The number of rotatable bonds is 5. The minimum absolute atomic E-state index is 0.00412. The zero-order chi connectivity index (χ0) is 21.3. The van der Waals surface area contributed by atoms with E-state index in [1.54, 1.807) is 22.9 Å². The van der Waals surface area contributed by atoms with Gasteiger partial charge in [-0.05, 0) is 42.3 Å². The normalized spacial score (nSPS) is 17.5. The number of nitrogens with two attached hydrogens (primary N) is 1. The van der Waals surface area contributed by atoms with Crippen molar-refractivity contribution in [3.8, 4) is 11.3 Å². The van der Waals surface area contributed by atoms with Crippen molar-refractivity contribution in [2.45, 2.75) is 12.5 Å². The Morgan fingerprint density at radius 2 is 1.77 bits per heavy atom. The highest BCUT2D eigenvalue weighted by Crippen LogP contribution is 2.30. The molecule has 4 rings (SSSR count). The van der Waals surface area contributed by atoms with Gasteiger partial charge in [-0.2, -0.15) is 5.10 Å². The molecule has 1 fully saturated rings. The fraction of sp³-hybridized carbons (Fsp3) is 0.190. The lowest BCUT2D eigenvalue weighted by Crippen LogP contribution is -2.17. The number of hydrogen-bond acceptors (Lipinski definition) is 5. The Morgan fingerprint density at radius 1 is 1.07 bits per heavy atom. The van der Waals surface area contributed by atoms with Gasteiger partial charge in [0.15, 0.2) is 15.5 Å². The second-order valence-corrected chi connectivity index (χ2v) is 9.41. The second-order valence-electron chi connectivity index (χ2n) is 7.18. The first-order valence-corrected chi connectivity index (χ1v) is 11.2. The van der Waals surface area contributed by atoms with Gasteiger partial charge in [0.2, 0.25) is 5.91 Å². The number of nitrogens with one attached hydrogen (secondary N) is 1. The van der Waals surface area contributed by atoms with Crippen molar-refractivity contribution in [2.75, 3.05) is 16.8 Å². The van der Waals surface area contributed by atoms with Crippen LogP contribution in [0.15, 0.2) is 60.7 Å². The number of benzene rings is 2. The number of primary amides is 1. The molecule has 1 unspecified atom stereocenters. The predicted molar refractivity (Wildman–Crippen MR) is 113 cm³/mol. The van der Waals surface area contributed by atoms with E-state index in [0.29, 0.717) is 23.4 Å². The number of nitrogens with zero attached hydrogens (tertiary/aromatic N) is 2. The quantitative estimate of drug-likeness (QED) is 0.650. The molecule has 30 heavy (non-hydrogen) atoms. The lowest BCUT2D eigenvalue weighted by Gasteiger charge is -2.13. The maximum Gasteiger partial charge on any atom is 0.276 e. The monoisotopic (exact) mass is 424 g/mol. The summed E-state index contributed by atoms with van der Waals surface area (Å²) in [5.74, 6) is -0.867. The Labute approximate surface area is 173 Å². The summed E-state index contributed by atoms with van der Waals surface area (Å²) in [7, 11) is -3.11. The molecular formula is C21H20N4O4S. The zero-order valence-electron chi connectivity index (χ0n) is 16.0. The highest BCUT2D eigenvalue weighted by atomic mass is 32.2. The smallest absolute Gasteiger partial charge is 0.276 e. The third-order valence-corrected chi connectivity index (χ3v) is 6.77. The fourth-order valence-corrected chi connectivity index (χ4v) is 5.18. The molecule has 3 N–H and O–H groups in total. The molecule has 2 amide bonds. The Morgan fingerprint density at radius 3 is 2.37 bits per heavy atom. The first kappa shape index (κ1) is 19.8. The van der Waals surface area contributed by atoms with Crippen LogP contribution in [0, 0.1) is 0 Å². The summed E-state index contributed by atoms with van der Waals surface area (Å²) in [6, 6.07) is 17.0. The van der Waals surface area contributed by atoms with Gasteiger partial charge < -0.3 is 11.1 Å². The molecule has 0 radical (unpaired) electrons. The number of anilines is 1. The van der Waals surface area contributed by atoms with Crippen LogP contribution in [0.2, 0.25) is 0 Å². The van der Waals surface area contributed by atoms with Crippen molar-refractivity contribution in [3.05, 3.63) is 71.9 Å². The van der Waals surface area contributed by atoms with Crippen LogP contribution in [0.5, 0.6) is 0 Å². The van der Waals surface area contributed by atoms with Crippen LogP contribution in [0.25, 0.3) is 11.3 Å². The molecule has 0 spiro atoms. The van der Waals surface area contributed by atoms with Gasteiger partial charge in [0.1, 0.15) is 0 Å². The highest BCUT2D eigenvalue weighted by molar-refractivity contribution is 7.91. The molecule has 1 aliphatic heterocycles. The predicted octanol–water partition coefficient (Wildman–Crippen LogP) is 2.26. The number of amides is 2. The number of carbonyl (C=O) groups excluding carboxylic acids is 2. The molecule has 3 aromatic rings. The van der Waals surface area contributed by atoms with Gasteiger partial charge in [-0.3, -0.25) is 14.3 Å². The minimum Gasteiger partial charge on any atom is -0.366 e. The first-order valence-electron chi connectivity index (χ1n) is 9.39. The molecule has 154 valence electrons. The van der Waals surface area contributed by atoms with E-state index in [1.807, 2.05) is 30.3 Å².